The summed E-state index contributed by atoms with van der Waals surface area (Å²) in [5.41, 5.74) is 0. The van der Waals surface area contributed by atoms with Gasteiger partial charge in [-0.1, -0.05) is 286 Å². The first-order valence-corrected chi connectivity index (χ1v) is 33.4. The first-order valence-electron chi connectivity index (χ1n) is 33.4. The standard InChI is InChI=1S/C71H126O6/c1-4-7-10-13-16-19-22-25-28-30-32-33-34-35-36-37-39-40-43-46-49-52-55-58-61-64-70(73)76-67-68(66-75-69(72)63-60-57-54-51-48-45-42-27-24-21-18-15-12-9-6-3)77-71(74)65-62-59-56-53-50-47-44-41-38-31-29-26-23-20-17-14-11-8-5-2/h7,10,16,19,25-29,32-33,42,68H,4-6,8-9,11-15,17-18,20-24,30-31,34-41,43-67H2,1-3H3/b10-7-,19-16-,28-25-,29-26-,33-32-,42-27-. The summed E-state index contributed by atoms with van der Waals surface area (Å²) in [7, 11) is 0. The number of hydrogen-bond donors (Lipinski definition) is 0. The van der Waals surface area contributed by atoms with Gasteiger partial charge in [-0.2, -0.15) is 0 Å². The molecule has 0 aliphatic rings. The number of ether oxygens (including phenoxy) is 3. The van der Waals surface area contributed by atoms with Crippen molar-refractivity contribution >= 4 is 17.9 Å². The van der Waals surface area contributed by atoms with E-state index < -0.39 is 6.10 Å². The molecule has 0 aliphatic carbocycles. The van der Waals surface area contributed by atoms with Gasteiger partial charge in [-0.05, 0) is 109 Å². The Morgan fingerprint density at radius 1 is 0.273 bits per heavy atom. The molecule has 0 rings (SSSR count). The van der Waals surface area contributed by atoms with Crippen LogP contribution in [0, 0.1) is 0 Å². The van der Waals surface area contributed by atoms with Crippen molar-refractivity contribution in [2.45, 2.75) is 348 Å². The smallest absolute Gasteiger partial charge is 0.306 e. The fraction of sp³-hybridized carbons (Fsp3) is 0.789. The number of esters is 3. The molecule has 0 bridgehead atoms. The molecule has 0 aromatic carbocycles. The van der Waals surface area contributed by atoms with Crippen molar-refractivity contribution in [2.24, 2.45) is 0 Å². The van der Waals surface area contributed by atoms with Gasteiger partial charge in [0.05, 0.1) is 0 Å². The second-order valence-corrected chi connectivity index (χ2v) is 22.3. The molecule has 0 fully saturated rings. The lowest BCUT2D eigenvalue weighted by Crippen LogP contribution is -2.30. The molecule has 0 saturated carbocycles. The molecule has 0 spiro atoms. The SMILES string of the molecule is CC/C=C\C/C=C\C/C=C\C/C=C\CCCCCCCCCCCCCCC(=O)OCC(COC(=O)CCCCCCC/C=C\CCCCCCCC)OC(=O)CCCCCCCCCCC/C=C\CCCCCCCC. The minimum atomic E-state index is -0.781. The van der Waals surface area contributed by atoms with Gasteiger partial charge in [0.1, 0.15) is 13.2 Å². The molecule has 77 heavy (non-hydrogen) atoms. The third kappa shape index (κ3) is 63.6. The van der Waals surface area contributed by atoms with E-state index in [0.717, 1.165) is 89.9 Å². The Morgan fingerprint density at radius 2 is 0.506 bits per heavy atom. The first-order chi connectivity index (χ1) is 38.0. The average molecular weight is 1080 g/mol. The maximum absolute atomic E-state index is 12.9. The van der Waals surface area contributed by atoms with E-state index in [1.165, 1.54) is 212 Å². The summed E-state index contributed by atoms with van der Waals surface area (Å²) in [5.74, 6) is -0.872. The molecule has 446 valence electrons. The molecule has 0 aliphatic heterocycles. The Hall–Kier alpha value is -3.15. The molecular formula is C71H126O6. The van der Waals surface area contributed by atoms with E-state index in [4.69, 9.17) is 14.2 Å². The zero-order valence-electron chi connectivity index (χ0n) is 51.2. The first kappa shape index (κ1) is 73.8. The predicted octanol–water partition coefficient (Wildman–Crippen LogP) is 22.9. The van der Waals surface area contributed by atoms with Crippen molar-refractivity contribution in [1.82, 2.24) is 0 Å². The van der Waals surface area contributed by atoms with Crippen LogP contribution in [0.3, 0.4) is 0 Å². The van der Waals surface area contributed by atoms with Crippen LogP contribution in [0.4, 0.5) is 0 Å². The quantitative estimate of drug-likeness (QED) is 0.0261. The van der Waals surface area contributed by atoms with Gasteiger partial charge < -0.3 is 14.2 Å². The van der Waals surface area contributed by atoms with Crippen LogP contribution in [0.15, 0.2) is 72.9 Å². The number of rotatable bonds is 61. The van der Waals surface area contributed by atoms with Crippen LogP contribution >= 0.6 is 0 Å². The van der Waals surface area contributed by atoms with Gasteiger partial charge in [0, 0.05) is 19.3 Å². The minimum absolute atomic E-state index is 0.0774. The van der Waals surface area contributed by atoms with Gasteiger partial charge in [-0.3, -0.25) is 14.4 Å². The van der Waals surface area contributed by atoms with Crippen LogP contribution in [0.5, 0.6) is 0 Å². The fourth-order valence-electron chi connectivity index (χ4n) is 9.66. The second-order valence-electron chi connectivity index (χ2n) is 22.3. The van der Waals surface area contributed by atoms with Crippen molar-refractivity contribution in [2.75, 3.05) is 13.2 Å². The van der Waals surface area contributed by atoms with E-state index in [-0.39, 0.29) is 31.1 Å². The number of carbonyl (C=O) groups is 3. The molecule has 0 aromatic heterocycles. The van der Waals surface area contributed by atoms with Crippen LogP contribution in [0.2, 0.25) is 0 Å². The van der Waals surface area contributed by atoms with Crippen LogP contribution in [-0.4, -0.2) is 37.2 Å². The van der Waals surface area contributed by atoms with E-state index in [2.05, 4.69) is 93.7 Å². The maximum atomic E-state index is 12.9. The Balaban J connectivity index is 4.32. The van der Waals surface area contributed by atoms with Gasteiger partial charge in [-0.15, -0.1) is 0 Å². The van der Waals surface area contributed by atoms with Crippen molar-refractivity contribution < 1.29 is 28.6 Å². The van der Waals surface area contributed by atoms with Gasteiger partial charge >= 0.3 is 17.9 Å². The molecule has 0 radical (unpaired) electrons. The average Bonchev–Trinajstić information content (AvgIpc) is 3.43. The lowest BCUT2D eigenvalue weighted by molar-refractivity contribution is -0.167. The molecule has 1 atom stereocenters. The highest BCUT2D eigenvalue weighted by atomic mass is 16.6. The summed E-state index contributed by atoms with van der Waals surface area (Å²) in [5, 5.41) is 0. The zero-order valence-corrected chi connectivity index (χ0v) is 51.2. The molecule has 6 heteroatoms. The van der Waals surface area contributed by atoms with Crippen molar-refractivity contribution in [3.8, 4) is 0 Å². The Morgan fingerprint density at radius 3 is 0.805 bits per heavy atom. The van der Waals surface area contributed by atoms with E-state index in [1.54, 1.807) is 0 Å². The molecule has 0 aromatic rings. The number of allylic oxidation sites excluding steroid dienone is 12. The number of hydrogen-bond acceptors (Lipinski definition) is 6. The van der Waals surface area contributed by atoms with Gasteiger partial charge in [-0.25, -0.2) is 0 Å². The van der Waals surface area contributed by atoms with Gasteiger partial charge in [0.25, 0.3) is 0 Å². The van der Waals surface area contributed by atoms with Crippen molar-refractivity contribution in [3.63, 3.8) is 0 Å². The third-order valence-electron chi connectivity index (χ3n) is 14.7. The van der Waals surface area contributed by atoms with E-state index in [9.17, 15) is 14.4 Å². The van der Waals surface area contributed by atoms with Crippen LogP contribution in [-0.2, 0) is 28.6 Å². The molecule has 0 saturated heterocycles. The van der Waals surface area contributed by atoms with Crippen molar-refractivity contribution in [3.05, 3.63) is 72.9 Å². The number of unbranched alkanes of at least 4 members (excludes halogenated alkanes) is 38. The monoisotopic (exact) mass is 1070 g/mol. The Labute approximate surface area is 478 Å². The summed E-state index contributed by atoms with van der Waals surface area (Å²) >= 11 is 0. The van der Waals surface area contributed by atoms with E-state index >= 15 is 0 Å². The highest BCUT2D eigenvalue weighted by Crippen LogP contribution is 2.17. The molecule has 6 nitrogen and oxygen atoms in total. The van der Waals surface area contributed by atoms with E-state index in [1.807, 2.05) is 0 Å². The maximum Gasteiger partial charge on any atom is 0.306 e. The molecule has 1 unspecified atom stereocenters. The van der Waals surface area contributed by atoms with Crippen LogP contribution in [0.25, 0.3) is 0 Å². The van der Waals surface area contributed by atoms with E-state index in [0.29, 0.717) is 19.3 Å². The summed E-state index contributed by atoms with van der Waals surface area (Å²) in [6.07, 6.45) is 84.8. The Bertz CT molecular complexity index is 1420. The molecule has 0 amide bonds. The lowest BCUT2D eigenvalue weighted by atomic mass is 10.0. The fourth-order valence-corrected chi connectivity index (χ4v) is 9.66. The molecule has 0 heterocycles. The minimum Gasteiger partial charge on any atom is -0.462 e. The second kappa shape index (κ2) is 65.4. The van der Waals surface area contributed by atoms with Crippen LogP contribution < -0.4 is 0 Å². The van der Waals surface area contributed by atoms with Gasteiger partial charge in [0.15, 0.2) is 6.10 Å². The molecular weight excluding hydrogens is 949 g/mol. The highest BCUT2D eigenvalue weighted by molar-refractivity contribution is 5.71. The van der Waals surface area contributed by atoms with Crippen LogP contribution in [0.1, 0.15) is 342 Å². The summed E-state index contributed by atoms with van der Waals surface area (Å²) in [6, 6.07) is 0. The third-order valence-corrected chi connectivity index (χ3v) is 14.7. The van der Waals surface area contributed by atoms with Gasteiger partial charge in [0.2, 0.25) is 0 Å². The largest absolute Gasteiger partial charge is 0.462 e. The zero-order chi connectivity index (χ0) is 55.7. The summed E-state index contributed by atoms with van der Waals surface area (Å²) in [4.78, 5) is 38.4. The lowest BCUT2D eigenvalue weighted by Gasteiger charge is -2.18. The number of carbonyl (C=O) groups excluding carboxylic acids is 3. The normalized spacial score (nSPS) is 12.5. The highest BCUT2D eigenvalue weighted by Gasteiger charge is 2.19. The topological polar surface area (TPSA) is 78.9 Å². The summed E-state index contributed by atoms with van der Waals surface area (Å²) in [6.45, 7) is 6.55. The Kier molecular flexibility index (Phi) is 62.7. The summed E-state index contributed by atoms with van der Waals surface area (Å²) < 4.78 is 17.0. The van der Waals surface area contributed by atoms with Crippen molar-refractivity contribution in [1.29, 1.82) is 0 Å². The predicted molar refractivity (Wildman–Crippen MR) is 335 cm³/mol. The molecule has 0 N–H and O–H groups in total.